The van der Waals surface area contributed by atoms with Crippen LogP contribution in [0.25, 0.3) is 0 Å². The zero-order chi connectivity index (χ0) is 13.6. The molecule has 1 rings (SSSR count). The molecular weight excluding hydrogens is 265 g/mol. The van der Waals surface area contributed by atoms with Crippen LogP contribution in [-0.2, 0) is 15.7 Å². The highest BCUT2D eigenvalue weighted by atomic mass is 32.2. The summed E-state index contributed by atoms with van der Waals surface area (Å²) in [5.74, 6) is 0.0668. The summed E-state index contributed by atoms with van der Waals surface area (Å²) in [5, 5.41) is 0. The Kier molecular flexibility index (Phi) is 5.53. The monoisotopic (exact) mass is 278 g/mol. The summed E-state index contributed by atoms with van der Waals surface area (Å²) in [7, 11) is 0. The van der Waals surface area contributed by atoms with Crippen LogP contribution in [0.1, 0.15) is 18.9 Å². The molecular formula is C12H13F3O2S. The Morgan fingerprint density at radius 3 is 2.72 bits per heavy atom. The van der Waals surface area contributed by atoms with Gasteiger partial charge in [-0.05, 0) is 25.1 Å². The van der Waals surface area contributed by atoms with E-state index in [0.717, 1.165) is 12.1 Å². The largest absolute Gasteiger partial charge is 0.466 e. The molecule has 0 atom stereocenters. The third kappa shape index (κ3) is 5.00. The summed E-state index contributed by atoms with van der Waals surface area (Å²) in [6.45, 7) is 2.02. The Morgan fingerprint density at radius 1 is 1.39 bits per heavy atom. The van der Waals surface area contributed by atoms with Crippen LogP contribution in [0.5, 0.6) is 0 Å². The van der Waals surface area contributed by atoms with Gasteiger partial charge < -0.3 is 4.74 Å². The van der Waals surface area contributed by atoms with E-state index in [-0.39, 0.29) is 12.4 Å². The average molecular weight is 278 g/mol. The number of hydrogen-bond donors (Lipinski definition) is 0. The summed E-state index contributed by atoms with van der Waals surface area (Å²) < 4.78 is 42.0. The maximum Gasteiger partial charge on any atom is 0.416 e. The molecule has 0 fully saturated rings. The smallest absolute Gasteiger partial charge is 0.416 e. The molecule has 0 aliphatic rings. The first-order valence-electron chi connectivity index (χ1n) is 5.39. The molecule has 0 aliphatic heterocycles. The van der Waals surface area contributed by atoms with Crippen molar-refractivity contribution in [1.29, 1.82) is 0 Å². The second-order valence-electron chi connectivity index (χ2n) is 3.43. The summed E-state index contributed by atoms with van der Waals surface area (Å²) >= 11 is 1.20. The molecule has 18 heavy (non-hydrogen) atoms. The zero-order valence-electron chi connectivity index (χ0n) is 9.79. The Balaban J connectivity index is 2.51. The molecule has 0 aliphatic carbocycles. The fourth-order valence-electron chi connectivity index (χ4n) is 1.25. The minimum absolute atomic E-state index is 0.189. The molecule has 2 nitrogen and oxygen atoms in total. The molecule has 0 saturated heterocycles. The van der Waals surface area contributed by atoms with Gasteiger partial charge in [-0.15, -0.1) is 11.8 Å². The summed E-state index contributed by atoms with van der Waals surface area (Å²) in [6, 6.07) is 5.05. The van der Waals surface area contributed by atoms with E-state index in [1.807, 2.05) is 0 Å². The number of alkyl halides is 3. The van der Waals surface area contributed by atoms with Gasteiger partial charge in [-0.3, -0.25) is 4.79 Å². The second kappa shape index (κ2) is 6.68. The second-order valence-corrected chi connectivity index (χ2v) is 4.60. The molecule has 0 aromatic heterocycles. The standard InChI is InChI=1S/C12H13F3O2S/c1-2-17-11(16)6-7-18-10-5-3-4-9(8-10)12(13,14)15/h3-5,8H,2,6-7H2,1H3. The third-order valence-corrected chi connectivity index (χ3v) is 3.04. The van der Waals surface area contributed by atoms with Crippen LogP contribution >= 0.6 is 11.8 Å². The molecule has 0 N–H and O–H groups in total. The van der Waals surface area contributed by atoms with Gasteiger partial charge in [0.05, 0.1) is 18.6 Å². The van der Waals surface area contributed by atoms with Crippen molar-refractivity contribution in [3.63, 3.8) is 0 Å². The fraction of sp³-hybridized carbons (Fsp3) is 0.417. The molecule has 0 bridgehead atoms. The van der Waals surface area contributed by atoms with E-state index < -0.39 is 11.7 Å². The first-order chi connectivity index (χ1) is 8.43. The number of thioether (sulfide) groups is 1. The van der Waals surface area contributed by atoms with E-state index in [0.29, 0.717) is 17.3 Å². The number of benzene rings is 1. The van der Waals surface area contributed by atoms with E-state index in [9.17, 15) is 18.0 Å². The molecule has 0 spiro atoms. The van der Waals surface area contributed by atoms with Crippen LogP contribution in [0.15, 0.2) is 29.2 Å². The Bertz CT molecular complexity index is 405. The number of esters is 1. The van der Waals surface area contributed by atoms with Gasteiger partial charge >= 0.3 is 12.1 Å². The normalized spacial score (nSPS) is 11.3. The lowest BCUT2D eigenvalue weighted by Crippen LogP contribution is -2.05. The average Bonchev–Trinajstić information content (AvgIpc) is 2.29. The summed E-state index contributed by atoms with van der Waals surface area (Å²) in [5.41, 5.74) is -0.677. The molecule has 6 heteroatoms. The number of halogens is 3. The molecule has 0 heterocycles. The minimum atomic E-state index is -4.34. The highest BCUT2D eigenvalue weighted by Gasteiger charge is 2.30. The summed E-state index contributed by atoms with van der Waals surface area (Å²) in [6.07, 6.45) is -4.15. The minimum Gasteiger partial charge on any atom is -0.466 e. The van der Waals surface area contributed by atoms with Crippen LogP contribution in [0.2, 0.25) is 0 Å². The van der Waals surface area contributed by atoms with Gasteiger partial charge in [0.2, 0.25) is 0 Å². The van der Waals surface area contributed by atoms with Crippen LogP contribution in [0, 0.1) is 0 Å². The van der Waals surface area contributed by atoms with Crippen molar-refractivity contribution in [3.8, 4) is 0 Å². The molecule has 1 aromatic rings. The highest BCUT2D eigenvalue weighted by Crippen LogP contribution is 2.31. The van der Waals surface area contributed by atoms with Gasteiger partial charge in [0.15, 0.2) is 0 Å². The van der Waals surface area contributed by atoms with Gasteiger partial charge in [-0.2, -0.15) is 13.2 Å². The number of ether oxygens (including phenoxy) is 1. The van der Waals surface area contributed by atoms with Crippen LogP contribution in [0.4, 0.5) is 13.2 Å². The van der Waals surface area contributed by atoms with Crippen molar-refractivity contribution in [2.24, 2.45) is 0 Å². The number of hydrogen-bond acceptors (Lipinski definition) is 3. The van der Waals surface area contributed by atoms with Crippen molar-refractivity contribution >= 4 is 17.7 Å². The van der Waals surface area contributed by atoms with Crippen LogP contribution in [-0.4, -0.2) is 18.3 Å². The third-order valence-electron chi connectivity index (χ3n) is 2.04. The Hall–Kier alpha value is -1.17. The lowest BCUT2D eigenvalue weighted by Gasteiger charge is -2.08. The molecule has 0 unspecified atom stereocenters. The maximum absolute atomic E-state index is 12.4. The molecule has 0 amide bonds. The highest BCUT2D eigenvalue weighted by molar-refractivity contribution is 7.99. The molecule has 1 aromatic carbocycles. The van der Waals surface area contributed by atoms with E-state index >= 15 is 0 Å². The lowest BCUT2D eigenvalue weighted by atomic mass is 10.2. The van der Waals surface area contributed by atoms with Gasteiger partial charge in [-0.25, -0.2) is 0 Å². The predicted octanol–water partition coefficient (Wildman–Crippen LogP) is 3.75. The van der Waals surface area contributed by atoms with Gasteiger partial charge in [0.1, 0.15) is 0 Å². The topological polar surface area (TPSA) is 26.3 Å². The quantitative estimate of drug-likeness (QED) is 0.606. The van der Waals surface area contributed by atoms with Crippen LogP contribution < -0.4 is 0 Å². The molecule has 100 valence electrons. The van der Waals surface area contributed by atoms with E-state index in [1.165, 1.54) is 17.8 Å². The maximum atomic E-state index is 12.4. The Labute approximate surface area is 108 Å². The molecule has 0 radical (unpaired) electrons. The first kappa shape index (κ1) is 14.9. The van der Waals surface area contributed by atoms with E-state index in [2.05, 4.69) is 0 Å². The number of rotatable bonds is 5. The fourth-order valence-corrected chi connectivity index (χ4v) is 2.14. The van der Waals surface area contributed by atoms with Crippen molar-refractivity contribution in [3.05, 3.63) is 29.8 Å². The van der Waals surface area contributed by atoms with Crippen molar-refractivity contribution in [2.75, 3.05) is 12.4 Å². The molecule has 0 saturated carbocycles. The van der Waals surface area contributed by atoms with Crippen molar-refractivity contribution < 1.29 is 22.7 Å². The van der Waals surface area contributed by atoms with Crippen LogP contribution in [0.3, 0.4) is 0 Å². The lowest BCUT2D eigenvalue weighted by molar-refractivity contribution is -0.142. The number of carbonyl (C=O) groups is 1. The van der Waals surface area contributed by atoms with Crippen molar-refractivity contribution in [1.82, 2.24) is 0 Å². The first-order valence-corrected chi connectivity index (χ1v) is 6.37. The zero-order valence-corrected chi connectivity index (χ0v) is 10.6. The Morgan fingerprint density at radius 2 is 2.11 bits per heavy atom. The predicted molar refractivity (Wildman–Crippen MR) is 63.4 cm³/mol. The van der Waals surface area contributed by atoms with E-state index in [4.69, 9.17) is 4.74 Å². The SMILES string of the molecule is CCOC(=O)CCSc1cccc(C(F)(F)F)c1. The summed E-state index contributed by atoms with van der Waals surface area (Å²) in [4.78, 5) is 11.5. The van der Waals surface area contributed by atoms with Gasteiger partial charge in [0.25, 0.3) is 0 Å². The van der Waals surface area contributed by atoms with Gasteiger partial charge in [0, 0.05) is 10.6 Å². The number of carbonyl (C=O) groups excluding carboxylic acids is 1. The van der Waals surface area contributed by atoms with Crippen molar-refractivity contribution in [2.45, 2.75) is 24.4 Å². The van der Waals surface area contributed by atoms with E-state index in [1.54, 1.807) is 13.0 Å². The van der Waals surface area contributed by atoms with Gasteiger partial charge in [-0.1, -0.05) is 6.07 Å².